The monoisotopic (exact) mass is 452 g/mol. The third-order valence-corrected chi connectivity index (χ3v) is 5.22. The van der Waals surface area contributed by atoms with Gasteiger partial charge in [-0.25, -0.2) is 14.6 Å². The first-order valence-electron chi connectivity index (χ1n) is 10.9. The summed E-state index contributed by atoms with van der Waals surface area (Å²) in [6.07, 6.45) is 0. The Labute approximate surface area is 193 Å². The summed E-state index contributed by atoms with van der Waals surface area (Å²) in [4.78, 5) is 34.2. The van der Waals surface area contributed by atoms with E-state index in [0.717, 1.165) is 5.69 Å². The molecule has 1 fully saturated rings. The molecule has 9 heteroatoms. The fraction of sp³-hybridized carbons (Fsp3) is 0.417. The highest BCUT2D eigenvalue weighted by atomic mass is 16.6. The van der Waals surface area contributed by atoms with Crippen LogP contribution < -0.4 is 4.90 Å². The van der Waals surface area contributed by atoms with Crippen LogP contribution in [0.4, 0.5) is 5.69 Å². The van der Waals surface area contributed by atoms with E-state index in [0.29, 0.717) is 43.3 Å². The van der Waals surface area contributed by atoms with Crippen molar-refractivity contribution in [1.29, 1.82) is 5.26 Å². The molecule has 2 heterocycles. The van der Waals surface area contributed by atoms with E-state index >= 15 is 0 Å². The average Bonchev–Trinajstić information content (AvgIpc) is 3.19. The van der Waals surface area contributed by atoms with Crippen molar-refractivity contribution in [3.63, 3.8) is 0 Å². The van der Waals surface area contributed by atoms with Crippen LogP contribution in [-0.2, 0) is 23.8 Å². The molecule has 0 unspecified atom stereocenters. The van der Waals surface area contributed by atoms with Gasteiger partial charge in [0.05, 0.1) is 32.1 Å². The minimum atomic E-state index is -0.836. The smallest absolute Gasteiger partial charge is 0.347 e. The third kappa shape index (κ3) is 5.07. The predicted octanol–water partition coefficient (Wildman–Crippen LogP) is 2.15. The molecule has 0 aromatic heterocycles. The molecule has 1 aromatic carbocycles. The van der Waals surface area contributed by atoms with Crippen molar-refractivity contribution < 1.29 is 23.8 Å². The van der Waals surface area contributed by atoms with Gasteiger partial charge in [-0.3, -0.25) is 0 Å². The Morgan fingerprint density at radius 2 is 1.67 bits per heavy atom. The van der Waals surface area contributed by atoms with Crippen molar-refractivity contribution in [3.05, 3.63) is 46.7 Å². The second-order valence-electron chi connectivity index (χ2n) is 7.50. The van der Waals surface area contributed by atoms with Gasteiger partial charge in [0.1, 0.15) is 17.5 Å². The van der Waals surface area contributed by atoms with Crippen molar-refractivity contribution in [2.45, 2.75) is 13.8 Å². The minimum absolute atomic E-state index is 0.0801. The van der Waals surface area contributed by atoms with E-state index in [1.165, 1.54) is 0 Å². The molecule has 0 saturated carbocycles. The van der Waals surface area contributed by atoms with Gasteiger partial charge >= 0.3 is 11.9 Å². The number of nitriles is 1. The van der Waals surface area contributed by atoms with E-state index in [4.69, 9.17) is 14.2 Å². The summed E-state index contributed by atoms with van der Waals surface area (Å²) in [5, 5.41) is 10.1. The van der Waals surface area contributed by atoms with Gasteiger partial charge in [-0.05, 0) is 31.5 Å². The second-order valence-corrected chi connectivity index (χ2v) is 7.50. The number of hydrogen-bond donors (Lipinski definition) is 0. The Balaban J connectivity index is 2.26. The Bertz CT molecular complexity index is 1020. The van der Waals surface area contributed by atoms with E-state index in [1.807, 2.05) is 48.2 Å². The number of carbonyl (C=O) groups excluding carboxylic acids is 2. The molecule has 3 rings (SSSR count). The molecule has 2 aliphatic rings. The number of ether oxygens (including phenoxy) is 3. The lowest BCUT2D eigenvalue weighted by molar-refractivity contribution is -0.146. The van der Waals surface area contributed by atoms with Crippen LogP contribution in [0.3, 0.4) is 0 Å². The van der Waals surface area contributed by atoms with Crippen LogP contribution in [-0.4, -0.2) is 76.3 Å². The SMILES string of the molecule is CCOC(=O)C(C(=O)OCC)=C1N=C(N2CCOCC2)C(C#N)=C1c1ccc(N(C)C)cc1. The largest absolute Gasteiger partial charge is 0.462 e. The number of esters is 2. The summed E-state index contributed by atoms with van der Waals surface area (Å²) >= 11 is 0. The summed E-state index contributed by atoms with van der Waals surface area (Å²) < 4.78 is 15.7. The molecule has 0 atom stereocenters. The quantitative estimate of drug-likeness (QED) is 0.280. The van der Waals surface area contributed by atoms with E-state index in [2.05, 4.69) is 11.1 Å². The van der Waals surface area contributed by atoms with Crippen LogP contribution in [0, 0.1) is 11.3 Å². The van der Waals surface area contributed by atoms with Gasteiger partial charge in [-0.1, -0.05) is 12.1 Å². The topological polar surface area (TPSA) is 104 Å². The van der Waals surface area contributed by atoms with Gasteiger partial charge in [0, 0.05) is 38.4 Å². The number of carbonyl (C=O) groups is 2. The van der Waals surface area contributed by atoms with E-state index in [-0.39, 0.29) is 30.1 Å². The van der Waals surface area contributed by atoms with Gasteiger partial charge in [0.2, 0.25) is 0 Å². The number of rotatable bonds is 6. The van der Waals surface area contributed by atoms with Crippen molar-refractivity contribution in [2.24, 2.45) is 4.99 Å². The number of anilines is 1. The number of nitrogens with zero attached hydrogens (tertiary/aromatic N) is 4. The molecule has 0 amide bonds. The van der Waals surface area contributed by atoms with Crippen LogP contribution in [0.1, 0.15) is 19.4 Å². The Hall–Kier alpha value is -3.64. The van der Waals surface area contributed by atoms with E-state index in [1.54, 1.807) is 13.8 Å². The highest BCUT2D eigenvalue weighted by Crippen LogP contribution is 2.38. The number of morpholine rings is 1. The molecule has 33 heavy (non-hydrogen) atoms. The first-order chi connectivity index (χ1) is 15.9. The molecule has 0 aliphatic carbocycles. The fourth-order valence-corrected chi connectivity index (χ4v) is 3.63. The molecule has 174 valence electrons. The molecular formula is C24H28N4O5. The summed E-state index contributed by atoms with van der Waals surface area (Å²) in [6, 6.07) is 9.72. The highest BCUT2D eigenvalue weighted by Gasteiger charge is 2.36. The maximum atomic E-state index is 12.8. The van der Waals surface area contributed by atoms with Gasteiger partial charge in [-0.2, -0.15) is 5.26 Å². The Morgan fingerprint density at radius 1 is 1.09 bits per heavy atom. The van der Waals surface area contributed by atoms with Crippen LogP contribution in [0.15, 0.2) is 46.1 Å². The number of aliphatic imine (C=N–C) groups is 1. The van der Waals surface area contributed by atoms with Crippen LogP contribution in [0.25, 0.3) is 5.57 Å². The van der Waals surface area contributed by atoms with Gasteiger partial charge < -0.3 is 24.0 Å². The summed E-state index contributed by atoms with van der Waals surface area (Å²) in [5.74, 6) is -1.26. The van der Waals surface area contributed by atoms with Crippen LogP contribution in [0.2, 0.25) is 0 Å². The van der Waals surface area contributed by atoms with Crippen molar-refractivity contribution in [2.75, 3.05) is 58.5 Å². The minimum Gasteiger partial charge on any atom is -0.462 e. The average molecular weight is 453 g/mol. The molecule has 0 radical (unpaired) electrons. The second kappa shape index (κ2) is 10.8. The Morgan fingerprint density at radius 3 is 2.15 bits per heavy atom. The lowest BCUT2D eigenvalue weighted by atomic mass is 9.95. The molecule has 0 spiro atoms. The summed E-state index contributed by atoms with van der Waals surface area (Å²) in [5.41, 5.74) is 2.08. The van der Waals surface area contributed by atoms with Crippen LogP contribution in [0.5, 0.6) is 0 Å². The van der Waals surface area contributed by atoms with E-state index in [9.17, 15) is 14.9 Å². The zero-order valence-electron chi connectivity index (χ0n) is 19.4. The maximum absolute atomic E-state index is 12.8. The summed E-state index contributed by atoms with van der Waals surface area (Å²) in [6.45, 7) is 5.53. The maximum Gasteiger partial charge on any atom is 0.347 e. The number of amidine groups is 1. The Kier molecular flexibility index (Phi) is 7.85. The van der Waals surface area contributed by atoms with Gasteiger partial charge in [0.15, 0.2) is 5.57 Å². The number of hydrogen-bond acceptors (Lipinski definition) is 9. The standard InChI is InChI=1S/C24H28N4O5/c1-5-32-23(29)20(24(30)33-6-2)21-19(16-7-9-17(10-8-16)27(3)4)18(15-25)22(26-21)28-11-13-31-14-12-28/h7-10H,5-6,11-14H2,1-4H3. The predicted molar refractivity (Wildman–Crippen MR) is 123 cm³/mol. The normalized spacial score (nSPS) is 15.7. The lowest BCUT2D eigenvalue weighted by Crippen LogP contribution is -2.40. The van der Waals surface area contributed by atoms with Crippen molar-refractivity contribution in [1.82, 2.24) is 4.90 Å². The van der Waals surface area contributed by atoms with Crippen LogP contribution >= 0.6 is 0 Å². The van der Waals surface area contributed by atoms with Crippen molar-refractivity contribution >= 4 is 29.0 Å². The van der Waals surface area contributed by atoms with Gasteiger partial charge in [0.25, 0.3) is 0 Å². The van der Waals surface area contributed by atoms with E-state index < -0.39 is 11.9 Å². The molecular weight excluding hydrogens is 424 g/mol. The summed E-state index contributed by atoms with van der Waals surface area (Å²) in [7, 11) is 3.85. The molecule has 0 N–H and O–H groups in total. The fourth-order valence-electron chi connectivity index (χ4n) is 3.63. The molecule has 9 nitrogen and oxygen atoms in total. The number of allylic oxidation sites excluding steroid dienone is 1. The first kappa shape index (κ1) is 24.0. The zero-order chi connectivity index (χ0) is 24.0. The van der Waals surface area contributed by atoms with Gasteiger partial charge in [-0.15, -0.1) is 0 Å². The lowest BCUT2D eigenvalue weighted by Gasteiger charge is -2.28. The zero-order valence-corrected chi connectivity index (χ0v) is 19.4. The number of benzene rings is 1. The molecule has 1 aromatic rings. The molecule has 0 bridgehead atoms. The molecule has 2 aliphatic heterocycles. The van der Waals surface area contributed by atoms with Crippen molar-refractivity contribution in [3.8, 4) is 6.07 Å². The first-order valence-corrected chi connectivity index (χ1v) is 10.9. The third-order valence-electron chi connectivity index (χ3n) is 5.22. The highest BCUT2D eigenvalue weighted by molar-refractivity contribution is 6.23. The molecule has 1 saturated heterocycles.